The fraction of sp³-hybridized carbons (Fsp3) is 0.542. The van der Waals surface area contributed by atoms with Crippen LogP contribution in [0.1, 0.15) is 50.1 Å². The lowest BCUT2D eigenvalue weighted by Crippen LogP contribution is -2.41. The summed E-state index contributed by atoms with van der Waals surface area (Å²) in [5, 5.41) is 9.89. The molecule has 3 heterocycles. The zero-order valence-corrected chi connectivity index (χ0v) is 20.1. The number of aryl methyl sites for hydroxylation is 1. The van der Waals surface area contributed by atoms with E-state index >= 15 is 0 Å². The quantitative estimate of drug-likeness (QED) is 0.642. The summed E-state index contributed by atoms with van der Waals surface area (Å²) >= 11 is 0. The summed E-state index contributed by atoms with van der Waals surface area (Å²) in [6, 6.07) is 5.81. The number of anilines is 3. The van der Waals surface area contributed by atoms with E-state index in [4.69, 9.17) is 9.47 Å². The first-order valence-corrected chi connectivity index (χ1v) is 11.5. The lowest BCUT2D eigenvalue weighted by Gasteiger charge is -2.33. The number of carbonyl (C=O) groups excluding carboxylic acids is 1. The summed E-state index contributed by atoms with van der Waals surface area (Å²) in [4.78, 5) is 24.0. The maximum Gasteiger partial charge on any atom is 0.410 e. The monoisotopic (exact) mass is 454 g/mol. The summed E-state index contributed by atoms with van der Waals surface area (Å²) in [5.74, 6) is 2.13. The van der Waals surface area contributed by atoms with Crippen molar-refractivity contribution < 1.29 is 14.3 Å². The lowest BCUT2D eigenvalue weighted by atomic mass is 9.99. The molecule has 0 bridgehead atoms. The average molecular weight is 455 g/mol. The molecule has 1 fully saturated rings. The maximum absolute atomic E-state index is 13.1. The molecule has 1 aromatic carbocycles. The van der Waals surface area contributed by atoms with E-state index in [1.54, 1.807) is 0 Å². The second kappa shape index (κ2) is 9.43. The smallest absolute Gasteiger partial charge is 0.410 e. The van der Waals surface area contributed by atoms with E-state index in [9.17, 15) is 4.79 Å². The van der Waals surface area contributed by atoms with Crippen LogP contribution in [0.2, 0.25) is 0 Å². The molecule has 0 aliphatic carbocycles. The Balaban J connectivity index is 1.70. The molecule has 9 heteroatoms. The van der Waals surface area contributed by atoms with Crippen molar-refractivity contribution in [3.63, 3.8) is 0 Å². The Hall–Kier alpha value is -3.07. The Morgan fingerprint density at radius 3 is 2.85 bits per heavy atom. The van der Waals surface area contributed by atoms with Crippen LogP contribution in [-0.2, 0) is 11.2 Å². The molecule has 2 aliphatic rings. The first-order chi connectivity index (χ1) is 15.7. The van der Waals surface area contributed by atoms with Gasteiger partial charge in [0.05, 0.1) is 12.6 Å². The van der Waals surface area contributed by atoms with E-state index in [-0.39, 0.29) is 12.1 Å². The topological polar surface area (TPSA) is 101 Å². The van der Waals surface area contributed by atoms with Gasteiger partial charge in [0.1, 0.15) is 17.2 Å². The molecule has 9 nitrogen and oxygen atoms in total. The maximum atomic E-state index is 13.1. The second-order valence-corrected chi connectivity index (χ2v) is 9.49. The van der Waals surface area contributed by atoms with Gasteiger partial charge in [-0.2, -0.15) is 4.98 Å². The molecule has 1 atom stereocenters. The molecule has 0 spiro atoms. The molecular formula is C24H34N6O3. The van der Waals surface area contributed by atoms with Crippen LogP contribution in [0.3, 0.4) is 0 Å². The van der Waals surface area contributed by atoms with Crippen molar-refractivity contribution in [3.8, 4) is 5.75 Å². The number of nitrogens with one attached hydrogen (secondary N) is 3. The van der Waals surface area contributed by atoms with Gasteiger partial charge in [-0.15, -0.1) is 0 Å². The summed E-state index contributed by atoms with van der Waals surface area (Å²) in [7, 11) is 1.83. The number of amides is 1. The van der Waals surface area contributed by atoms with Crippen LogP contribution in [0.15, 0.2) is 18.2 Å². The van der Waals surface area contributed by atoms with Gasteiger partial charge in [0, 0.05) is 49.6 Å². The molecule has 178 valence electrons. The van der Waals surface area contributed by atoms with Crippen LogP contribution in [-0.4, -0.2) is 59.9 Å². The minimum atomic E-state index is -0.559. The van der Waals surface area contributed by atoms with Crippen LogP contribution in [0.25, 0.3) is 0 Å². The van der Waals surface area contributed by atoms with Crippen molar-refractivity contribution in [2.75, 3.05) is 43.9 Å². The van der Waals surface area contributed by atoms with Crippen LogP contribution in [0.4, 0.5) is 22.2 Å². The van der Waals surface area contributed by atoms with E-state index in [2.05, 4.69) is 32.0 Å². The number of hydrogen-bond acceptors (Lipinski definition) is 8. The number of aromatic nitrogens is 2. The van der Waals surface area contributed by atoms with E-state index < -0.39 is 5.60 Å². The van der Waals surface area contributed by atoms with Gasteiger partial charge in [0.25, 0.3) is 0 Å². The summed E-state index contributed by atoms with van der Waals surface area (Å²) < 4.78 is 11.8. The van der Waals surface area contributed by atoms with E-state index in [1.165, 1.54) is 0 Å². The molecule has 3 N–H and O–H groups in total. The van der Waals surface area contributed by atoms with E-state index in [1.807, 2.05) is 51.8 Å². The predicted molar refractivity (Wildman–Crippen MR) is 128 cm³/mol. The number of rotatable bonds is 4. The molecule has 0 saturated carbocycles. The van der Waals surface area contributed by atoms with Gasteiger partial charge in [0.2, 0.25) is 5.95 Å². The van der Waals surface area contributed by atoms with Crippen molar-refractivity contribution in [1.29, 1.82) is 0 Å². The Labute approximate surface area is 195 Å². The highest BCUT2D eigenvalue weighted by Gasteiger charge is 2.34. The number of carbonyl (C=O) groups is 1. The number of nitrogens with zero attached hydrogens (tertiary/aromatic N) is 3. The van der Waals surface area contributed by atoms with Gasteiger partial charge in [-0.1, -0.05) is 0 Å². The fourth-order valence-corrected chi connectivity index (χ4v) is 4.24. The standard InChI is InChI=1S/C24H34N6O3/c1-15-11-20(25-5)29-22(27-15)28-17-12-16-7-10-32-21(16)18(13-17)19-14-26-8-6-9-30(19)23(31)33-24(2,3)4/h11-13,19,26H,6-10,14H2,1-5H3,(H2,25,27,28,29). The predicted octanol–water partition coefficient (Wildman–Crippen LogP) is 3.78. The zero-order valence-electron chi connectivity index (χ0n) is 20.1. The second-order valence-electron chi connectivity index (χ2n) is 9.49. The van der Waals surface area contributed by atoms with Gasteiger partial charge in [0.15, 0.2) is 0 Å². The molecule has 1 saturated heterocycles. The SMILES string of the molecule is CNc1cc(C)nc(Nc2cc3c(c(C4CNCCCN4C(=O)OC(C)(C)C)c2)OCC3)n1. The van der Waals surface area contributed by atoms with Crippen LogP contribution < -0.4 is 20.7 Å². The third-order valence-corrected chi connectivity index (χ3v) is 5.63. The normalized spacial score (nSPS) is 18.2. The fourth-order valence-electron chi connectivity index (χ4n) is 4.24. The Morgan fingerprint density at radius 1 is 1.27 bits per heavy atom. The van der Waals surface area contributed by atoms with Gasteiger partial charge in [-0.3, -0.25) is 4.90 Å². The molecule has 1 amide bonds. The lowest BCUT2D eigenvalue weighted by molar-refractivity contribution is 0.0172. The van der Waals surface area contributed by atoms with Gasteiger partial charge in [-0.25, -0.2) is 9.78 Å². The van der Waals surface area contributed by atoms with Gasteiger partial charge >= 0.3 is 6.09 Å². The highest BCUT2D eigenvalue weighted by molar-refractivity contribution is 5.70. The Morgan fingerprint density at radius 2 is 2.09 bits per heavy atom. The molecule has 2 aromatic rings. The minimum absolute atomic E-state index is 0.206. The summed E-state index contributed by atoms with van der Waals surface area (Å²) in [5.41, 5.74) is 3.26. The largest absolute Gasteiger partial charge is 0.493 e. The summed E-state index contributed by atoms with van der Waals surface area (Å²) in [6.45, 7) is 10.3. The zero-order chi connectivity index (χ0) is 23.6. The molecule has 4 rings (SSSR count). The molecule has 1 aromatic heterocycles. The molecule has 33 heavy (non-hydrogen) atoms. The van der Waals surface area contributed by atoms with Gasteiger partial charge < -0.3 is 25.4 Å². The van der Waals surface area contributed by atoms with Crippen molar-refractivity contribution in [2.45, 2.75) is 52.2 Å². The number of ether oxygens (including phenoxy) is 2. The highest BCUT2D eigenvalue weighted by atomic mass is 16.6. The molecule has 0 radical (unpaired) electrons. The number of hydrogen-bond donors (Lipinski definition) is 3. The average Bonchev–Trinajstić information content (AvgIpc) is 3.07. The van der Waals surface area contributed by atoms with Crippen molar-refractivity contribution in [1.82, 2.24) is 20.2 Å². The van der Waals surface area contributed by atoms with Crippen molar-refractivity contribution in [2.24, 2.45) is 0 Å². The highest BCUT2D eigenvalue weighted by Crippen LogP contribution is 2.40. The summed E-state index contributed by atoms with van der Waals surface area (Å²) in [6.07, 6.45) is 1.38. The molecule has 1 unspecified atom stereocenters. The number of benzene rings is 1. The third kappa shape index (κ3) is 5.47. The number of fused-ring (bicyclic) bond motifs is 1. The van der Waals surface area contributed by atoms with E-state index in [0.717, 1.165) is 53.5 Å². The van der Waals surface area contributed by atoms with Crippen molar-refractivity contribution in [3.05, 3.63) is 35.0 Å². The van der Waals surface area contributed by atoms with E-state index in [0.29, 0.717) is 25.6 Å². The van der Waals surface area contributed by atoms with Crippen LogP contribution in [0.5, 0.6) is 5.75 Å². The van der Waals surface area contributed by atoms with Crippen LogP contribution >= 0.6 is 0 Å². The first-order valence-electron chi connectivity index (χ1n) is 11.5. The third-order valence-electron chi connectivity index (χ3n) is 5.63. The molecular weight excluding hydrogens is 420 g/mol. The van der Waals surface area contributed by atoms with Crippen molar-refractivity contribution >= 4 is 23.5 Å². The Bertz CT molecular complexity index is 1020. The Kier molecular flexibility index (Phi) is 6.60. The minimum Gasteiger partial charge on any atom is -0.493 e. The first kappa shape index (κ1) is 23.1. The van der Waals surface area contributed by atoms with Crippen LogP contribution in [0, 0.1) is 6.92 Å². The molecule has 2 aliphatic heterocycles. The van der Waals surface area contributed by atoms with Gasteiger partial charge in [-0.05, 0) is 58.4 Å².